The Balaban J connectivity index is 1.67. The molecule has 1 N–H and O–H groups in total. The van der Waals surface area contributed by atoms with Crippen molar-refractivity contribution in [3.05, 3.63) is 48.2 Å². The van der Waals surface area contributed by atoms with Gasteiger partial charge in [-0.15, -0.1) is 6.42 Å². The van der Waals surface area contributed by atoms with Gasteiger partial charge < -0.3 is 15.0 Å². The highest BCUT2D eigenvalue weighted by atomic mass is 16.5. The average molecular weight is 336 g/mol. The topological polar surface area (TPSA) is 50.3 Å². The molecule has 2 heterocycles. The molecule has 130 valence electrons. The summed E-state index contributed by atoms with van der Waals surface area (Å²) in [4.78, 5) is 11.4. The van der Waals surface area contributed by atoms with Gasteiger partial charge in [-0.2, -0.15) is 4.98 Å². The number of hydrogen-bond acceptors (Lipinski definition) is 5. The van der Waals surface area contributed by atoms with E-state index >= 15 is 0 Å². The van der Waals surface area contributed by atoms with Gasteiger partial charge in [-0.1, -0.05) is 36.3 Å². The number of aromatic nitrogens is 2. The Morgan fingerprint density at radius 2 is 2.20 bits per heavy atom. The molecular formula is C20H24N4O. The third kappa shape index (κ3) is 4.49. The van der Waals surface area contributed by atoms with E-state index in [1.807, 2.05) is 24.3 Å². The van der Waals surface area contributed by atoms with Crippen molar-refractivity contribution in [2.24, 2.45) is 0 Å². The molecule has 5 nitrogen and oxygen atoms in total. The highest BCUT2D eigenvalue weighted by Crippen LogP contribution is 2.25. The smallest absolute Gasteiger partial charge is 0.225 e. The minimum Gasteiger partial charge on any atom is -0.367 e. The van der Waals surface area contributed by atoms with Crippen LogP contribution >= 0.6 is 0 Å². The van der Waals surface area contributed by atoms with Crippen molar-refractivity contribution >= 4 is 11.8 Å². The maximum absolute atomic E-state index is 5.53. The van der Waals surface area contributed by atoms with E-state index < -0.39 is 0 Å². The van der Waals surface area contributed by atoms with Gasteiger partial charge in [-0.25, -0.2) is 4.98 Å². The maximum atomic E-state index is 5.53. The van der Waals surface area contributed by atoms with E-state index in [9.17, 15) is 0 Å². The molecule has 0 bridgehead atoms. The number of nitrogens with zero attached hydrogens (tertiary/aromatic N) is 3. The van der Waals surface area contributed by atoms with E-state index in [2.05, 4.69) is 40.2 Å². The monoisotopic (exact) mass is 336 g/mol. The Morgan fingerprint density at radius 1 is 1.36 bits per heavy atom. The first kappa shape index (κ1) is 17.2. The largest absolute Gasteiger partial charge is 0.367 e. The molecule has 0 unspecified atom stereocenters. The van der Waals surface area contributed by atoms with Crippen LogP contribution in [0.5, 0.6) is 0 Å². The van der Waals surface area contributed by atoms with Gasteiger partial charge in [-0.3, -0.25) is 0 Å². The molecule has 1 saturated heterocycles. The first-order valence-corrected chi connectivity index (χ1v) is 8.70. The summed E-state index contributed by atoms with van der Waals surface area (Å²) < 4.78 is 5.53. The normalized spacial score (nSPS) is 17.9. The predicted octanol–water partition coefficient (Wildman–Crippen LogP) is 3.27. The molecule has 1 aromatic heterocycles. The van der Waals surface area contributed by atoms with E-state index in [1.54, 1.807) is 6.20 Å². The predicted molar refractivity (Wildman–Crippen MR) is 101 cm³/mol. The number of terminal acetylenes is 1. The van der Waals surface area contributed by atoms with Crippen LogP contribution < -0.4 is 10.2 Å². The lowest BCUT2D eigenvalue weighted by atomic mass is 10.1. The standard InChI is InChI=1S/C20H24N4O/c1-3-14-25-15-18-10-7-13-24(18)19-11-12-21-20(23-19)22-16(2)17-8-5-4-6-9-17/h1,4-6,8-9,11-12,16,18H,7,10,13-15H2,2H3,(H,21,22,23)/t16-,18-/m0/s1. The fraction of sp³-hybridized carbons (Fsp3) is 0.400. The molecule has 2 atom stereocenters. The van der Waals surface area contributed by atoms with Gasteiger partial charge in [0.25, 0.3) is 0 Å². The Morgan fingerprint density at radius 3 is 3.00 bits per heavy atom. The van der Waals surface area contributed by atoms with Crippen LogP contribution in [0.4, 0.5) is 11.8 Å². The van der Waals surface area contributed by atoms with Crippen LogP contribution in [0.15, 0.2) is 42.6 Å². The van der Waals surface area contributed by atoms with E-state index in [0.29, 0.717) is 25.2 Å². The van der Waals surface area contributed by atoms with E-state index in [0.717, 1.165) is 25.2 Å². The Bertz CT molecular complexity index is 713. The summed E-state index contributed by atoms with van der Waals surface area (Å²) in [5, 5.41) is 3.38. The van der Waals surface area contributed by atoms with Crippen LogP contribution in [-0.4, -0.2) is 35.8 Å². The van der Waals surface area contributed by atoms with Gasteiger partial charge in [0, 0.05) is 12.7 Å². The highest BCUT2D eigenvalue weighted by molar-refractivity contribution is 5.45. The molecule has 25 heavy (non-hydrogen) atoms. The molecule has 5 heteroatoms. The maximum Gasteiger partial charge on any atom is 0.225 e. The molecule has 2 aromatic rings. The van der Waals surface area contributed by atoms with Gasteiger partial charge in [0.1, 0.15) is 12.4 Å². The zero-order chi connectivity index (χ0) is 17.5. The van der Waals surface area contributed by atoms with Crippen molar-refractivity contribution in [2.45, 2.75) is 31.8 Å². The first-order chi connectivity index (χ1) is 12.3. The summed E-state index contributed by atoms with van der Waals surface area (Å²) in [6, 6.07) is 12.7. The summed E-state index contributed by atoms with van der Waals surface area (Å²) >= 11 is 0. The fourth-order valence-corrected chi connectivity index (χ4v) is 3.16. The second-order valence-electron chi connectivity index (χ2n) is 6.22. The quantitative estimate of drug-likeness (QED) is 0.621. The van der Waals surface area contributed by atoms with Gasteiger partial charge in [0.15, 0.2) is 0 Å². The van der Waals surface area contributed by atoms with Crippen molar-refractivity contribution in [3.63, 3.8) is 0 Å². The molecule has 1 aliphatic heterocycles. The van der Waals surface area contributed by atoms with E-state index in [4.69, 9.17) is 16.1 Å². The fourth-order valence-electron chi connectivity index (χ4n) is 3.16. The van der Waals surface area contributed by atoms with Crippen LogP contribution in [0.1, 0.15) is 31.4 Å². The molecule has 0 radical (unpaired) electrons. The SMILES string of the molecule is C#CCOC[C@@H]1CCCN1c1ccnc(N[C@@H](C)c2ccccc2)n1. The molecule has 1 fully saturated rings. The molecule has 0 amide bonds. The first-order valence-electron chi connectivity index (χ1n) is 8.70. The number of anilines is 2. The van der Waals surface area contributed by atoms with Crippen molar-refractivity contribution in [3.8, 4) is 12.3 Å². The Labute approximate surface area is 149 Å². The second-order valence-corrected chi connectivity index (χ2v) is 6.22. The molecule has 1 aromatic carbocycles. The van der Waals surface area contributed by atoms with Crippen LogP contribution in [0.2, 0.25) is 0 Å². The van der Waals surface area contributed by atoms with Crippen LogP contribution in [-0.2, 0) is 4.74 Å². The van der Waals surface area contributed by atoms with E-state index in [1.165, 1.54) is 5.56 Å². The molecular weight excluding hydrogens is 312 g/mol. The second kappa shape index (κ2) is 8.50. The lowest BCUT2D eigenvalue weighted by molar-refractivity contribution is 0.152. The number of rotatable bonds is 7. The Kier molecular flexibility index (Phi) is 5.86. The summed E-state index contributed by atoms with van der Waals surface area (Å²) in [5.74, 6) is 4.09. The zero-order valence-electron chi connectivity index (χ0n) is 14.6. The lowest BCUT2D eigenvalue weighted by Crippen LogP contribution is -2.34. The van der Waals surface area contributed by atoms with Crippen LogP contribution in [0.3, 0.4) is 0 Å². The van der Waals surface area contributed by atoms with Crippen molar-refractivity contribution in [1.29, 1.82) is 0 Å². The summed E-state index contributed by atoms with van der Waals surface area (Å²) in [7, 11) is 0. The van der Waals surface area contributed by atoms with Crippen molar-refractivity contribution in [1.82, 2.24) is 9.97 Å². The minimum atomic E-state index is 0.143. The van der Waals surface area contributed by atoms with E-state index in [-0.39, 0.29) is 6.04 Å². The number of hydrogen-bond donors (Lipinski definition) is 1. The van der Waals surface area contributed by atoms with Gasteiger partial charge in [0.05, 0.1) is 18.7 Å². The number of ether oxygens (including phenoxy) is 1. The highest BCUT2D eigenvalue weighted by Gasteiger charge is 2.26. The molecule has 1 aliphatic rings. The van der Waals surface area contributed by atoms with Gasteiger partial charge in [-0.05, 0) is 31.4 Å². The molecule has 3 rings (SSSR count). The Hall–Kier alpha value is -2.58. The summed E-state index contributed by atoms with van der Waals surface area (Å²) in [6.45, 7) is 4.08. The molecule has 0 saturated carbocycles. The van der Waals surface area contributed by atoms with Crippen molar-refractivity contribution < 1.29 is 4.74 Å². The molecule has 0 aliphatic carbocycles. The summed E-state index contributed by atoms with van der Waals surface area (Å²) in [6.07, 6.45) is 9.29. The number of benzene rings is 1. The third-order valence-electron chi connectivity index (χ3n) is 4.45. The summed E-state index contributed by atoms with van der Waals surface area (Å²) in [5.41, 5.74) is 1.21. The van der Waals surface area contributed by atoms with Gasteiger partial charge in [0.2, 0.25) is 5.95 Å². The minimum absolute atomic E-state index is 0.143. The zero-order valence-corrected chi connectivity index (χ0v) is 14.6. The van der Waals surface area contributed by atoms with Crippen molar-refractivity contribution in [2.75, 3.05) is 30.0 Å². The van der Waals surface area contributed by atoms with Gasteiger partial charge >= 0.3 is 0 Å². The van der Waals surface area contributed by atoms with Crippen LogP contribution in [0.25, 0.3) is 0 Å². The number of nitrogens with one attached hydrogen (secondary N) is 1. The lowest BCUT2D eigenvalue weighted by Gasteiger charge is -2.26. The van der Waals surface area contributed by atoms with Crippen LogP contribution in [0, 0.1) is 12.3 Å². The average Bonchev–Trinajstić information content (AvgIpc) is 3.11. The molecule has 0 spiro atoms. The third-order valence-corrected chi connectivity index (χ3v) is 4.45.